The van der Waals surface area contributed by atoms with E-state index in [2.05, 4.69) is 47.9 Å². The first-order chi connectivity index (χ1) is 15.9. The molecule has 6 heteroatoms. The van der Waals surface area contributed by atoms with Crippen LogP contribution in [0.15, 0.2) is 42.5 Å². The summed E-state index contributed by atoms with van der Waals surface area (Å²) in [5, 5.41) is 9.45. The summed E-state index contributed by atoms with van der Waals surface area (Å²) in [4.78, 5) is 29.9. The first-order valence-corrected chi connectivity index (χ1v) is 12.1. The lowest BCUT2D eigenvalue weighted by molar-refractivity contribution is -0.137. The Balaban J connectivity index is 1.69. The molecule has 0 saturated carbocycles. The van der Waals surface area contributed by atoms with Gasteiger partial charge < -0.3 is 19.6 Å². The number of fused-ring (bicyclic) bond motifs is 3. The molecule has 1 amide bonds. The Kier molecular flexibility index (Phi) is 6.91. The van der Waals surface area contributed by atoms with E-state index in [-0.39, 0.29) is 30.1 Å². The number of rotatable bonds is 7. The van der Waals surface area contributed by atoms with Crippen molar-refractivity contribution in [1.82, 2.24) is 4.90 Å². The van der Waals surface area contributed by atoms with Crippen LogP contribution in [0.3, 0.4) is 0 Å². The van der Waals surface area contributed by atoms with Gasteiger partial charge >= 0.3 is 5.97 Å². The second kappa shape index (κ2) is 9.86. The van der Waals surface area contributed by atoms with E-state index in [0.717, 1.165) is 37.8 Å². The van der Waals surface area contributed by atoms with E-state index in [0.29, 0.717) is 18.3 Å². The molecule has 0 bridgehead atoms. The molecule has 1 fully saturated rings. The van der Waals surface area contributed by atoms with E-state index in [1.807, 2.05) is 6.92 Å². The maximum Gasteiger partial charge on any atom is 0.339 e. The summed E-state index contributed by atoms with van der Waals surface area (Å²) in [5.74, 6) is -0.179. The van der Waals surface area contributed by atoms with Gasteiger partial charge in [0, 0.05) is 12.2 Å². The predicted molar refractivity (Wildman–Crippen MR) is 129 cm³/mol. The van der Waals surface area contributed by atoms with Crippen molar-refractivity contribution in [3.05, 3.63) is 59.2 Å². The van der Waals surface area contributed by atoms with Crippen LogP contribution in [-0.2, 0) is 11.2 Å². The number of carbonyl (C=O) groups excluding carboxylic acids is 1. The van der Waals surface area contributed by atoms with Crippen molar-refractivity contribution in [3.8, 4) is 5.75 Å². The number of carboxylic acids is 1. The Labute approximate surface area is 196 Å². The highest BCUT2D eigenvalue weighted by Crippen LogP contribution is 2.44. The second-order valence-electron chi connectivity index (χ2n) is 9.42. The monoisotopic (exact) mass is 450 g/mol. The number of hydrogen-bond acceptors (Lipinski definition) is 4. The zero-order valence-electron chi connectivity index (χ0n) is 19.8. The molecule has 1 saturated heterocycles. The standard InChI is InChI=1S/C27H34N2O4/c1-4-33-24-16-19(12-13-21(24)27(31)32)17-26(30)29-23(15-18(2)3)20-9-5-6-10-22(20)28-14-8-7-11-25(28)29/h5-6,9-10,12-13,16,18,23,25H,4,7-8,11,14-15,17H2,1-3H3,(H,31,32)/t23-,25-/m1/s1. The number of anilines is 1. The average molecular weight is 451 g/mol. The van der Waals surface area contributed by atoms with E-state index in [4.69, 9.17) is 4.74 Å². The molecule has 2 atom stereocenters. The Hall–Kier alpha value is -3.02. The fourth-order valence-corrected chi connectivity index (χ4v) is 5.29. The highest BCUT2D eigenvalue weighted by molar-refractivity contribution is 5.91. The van der Waals surface area contributed by atoms with Crippen LogP contribution >= 0.6 is 0 Å². The first-order valence-electron chi connectivity index (χ1n) is 12.1. The number of benzene rings is 2. The molecule has 4 rings (SSSR count). The maximum atomic E-state index is 13.9. The number of para-hydroxylation sites is 1. The number of aromatic carboxylic acids is 1. The van der Waals surface area contributed by atoms with Crippen molar-refractivity contribution >= 4 is 17.6 Å². The van der Waals surface area contributed by atoms with E-state index in [1.165, 1.54) is 11.3 Å². The van der Waals surface area contributed by atoms with E-state index in [1.54, 1.807) is 18.2 Å². The molecule has 33 heavy (non-hydrogen) atoms. The number of carboxylic acid groups (broad SMARTS) is 1. The summed E-state index contributed by atoms with van der Waals surface area (Å²) < 4.78 is 5.56. The van der Waals surface area contributed by atoms with Crippen LogP contribution in [-0.4, -0.2) is 41.2 Å². The van der Waals surface area contributed by atoms with Crippen LogP contribution in [0.2, 0.25) is 0 Å². The number of ether oxygens (including phenoxy) is 1. The van der Waals surface area contributed by atoms with Crippen LogP contribution in [0.4, 0.5) is 5.69 Å². The molecule has 176 valence electrons. The molecule has 2 heterocycles. The van der Waals surface area contributed by atoms with Crippen molar-refractivity contribution in [2.24, 2.45) is 5.92 Å². The lowest BCUT2D eigenvalue weighted by atomic mass is 9.88. The molecule has 0 aromatic heterocycles. The summed E-state index contributed by atoms with van der Waals surface area (Å²) in [6, 6.07) is 13.5. The van der Waals surface area contributed by atoms with Gasteiger partial charge in [-0.2, -0.15) is 0 Å². The number of nitrogens with zero attached hydrogens (tertiary/aromatic N) is 2. The number of hydrogen-bond donors (Lipinski definition) is 1. The third kappa shape index (κ3) is 4.70. The smallest absolute Gasteiger partial charge is 0.339 e. The summed E-state index contributed by atoms with van der Waals surface area (Å²) in [7, 11) is 0. The van der Waals surface area contributed by atoms with Crippen LogP contribution in [0.25, 0.3) is 0 Å². The molecule has 0 unspecified atom stereocenters. The number of amides is 1. The molecule has 0 spiro atoms. The molecule has 0 radical (unpaired) electrons. The zero-order chi connectivity index (χ0) is 23.5. The summed E-state index contributed by atoms with van der Waals surface area (Å²) in [6.07, 6.45) is 4.42. The molecular weight excluding hydrogens is 416 g/mol. The second-order valence-corrected chi connectivity index (χ2v) is 9.42. The molecule has 2 aromatic rings. The minimum Gasteiger partial charge on any atom is -0.493 e. The minimum atomic E-state index is -1.03. The Bertz CT molecular complexity index is 1020. The molecule has 0 aliphatic carbocycles. The van der Waals surface area contributed by atoms with Gasteiger partial charge in [0.2, 0.25) is 5.91 Å². The van der Waals surface area contributed by atoms with Crippen molar-refractivity contribution in [2.75, 3.05) is 18.1 Å². The molecule has 2 aliphatic rings. The first kappa shape index (κ1) is 23.1. The van der Waals surface area contributed by atoms with Crippen LogP contribution in [0.5, 0.6) is 5.75 Å². The zero-order valence-corrected chi connectivity index (χ0v) is 19.8. The van der Waals surface area contributed by atoms with Crippen molar-refractivity contribution in [2.45, 2.75) is 65.1 Å². The van der Waals surface area contributed by atoms with Gasteiger partial charge in [0.05, 0.1) is 19.1 Å². The topological polar surface area (TPSA) is 70.1 Å². The number of carbonyl (C=O) groups is 2. The quantitative estimate of drug-likeness (QED) is 0.622. The Morgan fingerprint density at radius 3 is 2.67 bits per heavy atom. The fraction of sp³-hybridized carbons (Fsp3) is 0.481. The van der Waals surface area contributed by atoms with Crippen LogP contribution in [0, 0.1) is 5.92 Å². The van der Waals surface area contributed by atoms with Gasteiger partial charge in [0.1, 0.15) is 17.5 Å². The van der Waals surface area contributed by atoms with Crippen molar-refractivity contribution < 1.29 is 19.4 Å². The molecular formula is C27H34N2O4. The average Bonchev–Trinajstić information content (AvgIpc) is 2.79. The third-order valence-corrected chi connectivity index (χ3v) is 6.65. The predicted octanol–water partition coefficient (Wildman–Crippen LogP) is 5.27. The molecule has 6 nitrogen and oxygen atoms in total. The van der Waals surface area contributed by atoms with E-state index < -0.39 is 5.97 Å². The maximum absolute atomic E-state index is 13.9. The largest absolute Gasteiger partial charge is 0.493 e. The third-order valence-electron chi connectivity index (χ3n) is 6.65. The molecule has 2 aliphatic heterocycles. The summed E-state index contributed by atoms with van der Waals surface area (Å²) in [6.45, 7) is 7.56. The lowest BCUT2D eigenvalue weighted by Crippen LogP contribution is -2.58. The van der Waals surface area contributed by atoms with Crippen molar-refractivity contribution in [1.29, 1.82) is 0 Å². The Morgan fingerprint density at radius 2 is 1.94 bits per heavy atom. The highest BCUT2D eigenvalue weighted by Gasteiger charge is 2.42. The van der Waals surface area contributed by atoms with Crippen molar-refractivity contribution in [3.63, 3.8) is 0 Å². The number of piperidine rings is 1. The van der Waals surface area contributed by atoms with Gasteiger partial charge in [-0.15, -0.1) is 0 Å². The summed E-state index contributed by atoms with van der Waals surface area (Å²) in [5.41, 5.74) is 3.39. The summed E-state index contributed by atoms with van der Waals surface area (Å²) >= 11 is 0. The SMILES string of the molecule is CCOc1cc(CC(=O)N2[C@H](CC(C)C)c3ccccc3N3CCCC[C@H]32)ccc1C(=O)O. The van der Waals surface area contributed by atoms with Gasteiger partial charge in [-0.05, 0) is 67.9 Å². The van der Waals surface area contributed by atoms with Gasteiger partial charge in [-0.1, -0.05) is 38.1 Å². The normalized spacial score (nSPS) is 19.8. The highest BCUT2D eigenvalue weighted by atomic mass is 16.5. The lowest BCUT2D eigenvalue weighted by Gasteiger charge is -2.52. The van der Waals surface area contributed by atoms with Crippen LogP contribution in [0.1, 0.15) is 74.0 Å². The van der Waals surface area contributed by atoms with Gasteiger partial charge in [-0.3, -0.25) is 4.79 Å². The van der Waals surface area contributed by atoms with Gasteiger partial charge in [0.25, 0.3) is 0 Å². The van der Waals surface area contributed by atoms with Gasteiger partial charge in [-0.25, -0.2) is 4.79 Å². The molecule has 1 N–H and O–H groups in total. The fourth-order valence-electron chi connectivity index (χ4n) is 5.29. The minimum absolute atomic E-state index is 0.0395. The molecule has 2 aromatic carbocycles. The van der Waals surface area contributed by atoms with Crippen LogP contribution < -0.4 is 9.64 Å². The van der Waals surface area contributed by atoms with E-state index >= 15 is 0 Å². The van der Waals surface area contributed by atoms with Gasteiger partial charge in [0.15, 0.2) is 0 Å². The van der Waals surface area contributed by atoms with E-state index in [9.17, 15) is 14.7 Å². The Morgan fingerprint density at radius 1 is 1.15 bits per heavy atom.